The van der Waals surface area contributed by atoms with E-state index in [1.54, 1.807) is 19.3 Å². The predicted octanol–water partition coefficient (Wildman–Crippen LogP) is 3.33. The van der Waals surface area contributed by atoms with Crippen molar-refractivity contribution in [1.82, 2.24) is 15.1 Å². The van der Waals surface area contributed by atoms with Crippen molar-refractivity contribution in [3.8, 4) is 16.8 Å². The molecule has 166 valence electrons. The summed E-state index contributed by atoms with van der Waals surface area (Å²) in [5, 5.41) is 17.0. The Labute approximate surface area is 187 Å². The van der Waals surface area contributed by atoms with Crippen LogP contribution in [-0.2, 0) is 11.3 Å². The van der Waals surface area contributed by atoms with Crippen LogP contribution in [0, 0.1) is 5.92 Å². The van der Waals surface area contributed by atoms with Crippen LogP contribution in [0.1, 0.15) is 40.9 Å². The van der Waals surface area contributed by atoms with Crippen molar-refractivity contribution in [2.45, 2.75) is 25.9 Å². The van der Waals surface area contributed by atoms with E-state index >= 15 is 0 Å². The van der Waals surface area contributed by atoms with Gasteiger partial charge in [-0.15, -0.1) is 0 Å². The van der Waals surface area contributed by atoms with Gasteiger partial charge in [0.15, 0.2) is 0 Å². The summed E-state index contributed by atoms with van der Waals surface area (Å²) in [5.74, 6) is -0.138. The molecule has 1 unspecified atom stereocenters. The van der Waals surface area contributed by atoms with E-state index in [1.165, 1.54) is 0 Å². The predicted molar refractivity (Wildman–Crippen MR) is 123 cm³/mol. The number of benzene rings is 2. The van der Waals surface area contributed by atoms with E-state index in [-0.39, 0.29) is 24.4 Å². The van der Waals surface area contributed by atoms with Crippen LogP contribution in [0.3, 0.4) is 0 Å². The molecule has 1 saturated carbocycles. The molecule has 32 heavy (non-hydrogen) atoms. The Hall–Kier alpha value is -3.58. The first kappa shape index (κ1) is 21.6. The summed E-state index contributed by atoms with van der Waals surface area (Å²) in [5.41, 5.74) is 12.0. The molecule has 4 rings (SSSR count). The van der Waals surface area contributed by atoms with Gasteiger partial charge < -0.3 is 20.9 Å². The Morgan fingerprint density at radius 3 is 2.75 bits per heavy atom. The number of hydrogen-bond acceptors (Lipinski definition) is 6. The highest BCUT2D eigenvalue weighted by Gasteiger charge is 2.45. The molecular weight excluding hydrogens is 404 g/mol. The van der Waals surface area contributed by atoms with Gasteiger partial charge in [-0.1, -0.05) is 30.3 Å². The van der Waals surface area contributed by atoms with E-state index in [4.69, 9.17) is 10.5 Å². The van der Waals surface area contributed by atoms with Gasteiger partial charge in [-0.05, 0) is 48.2 Å². The second-order valence-corrected chi connectivity index (χ2v) is 7.87. The molecule has 3 aromatic rings. The zero-order valence-corrected chi connectivity index (χ0v) is 18.3. The number of esters is 1. The molecule has 0 amide bonds. The summed E-state index contributed by atoms with van der Waals surface area (Å²) in [4.78, 5) is 12.6. The number of nitrogens with two attached hydrogens (primary N) is 1. The summed E-state index contributed by atoms with van der Waals surface area (Å²) in [6, 6.07) is 15.8. The van der Waals surface area contributed by atoms with E-state index < -0.39 is 0 Å². The second-order valence-electron chi connectivity index (χ2n) is 7.87. The Balaban J connectivity index is 1.76. The van der Waals surface area contributed by atoms with E-state index in [0.717, 1.165) is 40.2 Å². The number of carbonyl (C=O) groups is 1. The number of aromatic nitrogens is 2. The van der Waals surface area contributed by atoms with Crippen molar-refractivity contribution in [2.24, 2.45) is 11.7 Å². The van der Waals surface area contributed by atoms with Gasteiger partial charge in [0.2, 0.25) is 0 Å². The van der Waals surface area contributed by atoms with Crippen molar-refractivity contribution < 1.29 is 14.6 Å². The fourth-order valence-electron chi connectivity index (χ4n) is 4.09. The number of allylic oxidation sites excluding steroid dienone is 1. The first-order valence-electron chi connectivity index (χ1n) is 10.8. The molecule has 0 aliphatic heterocycles. The van der Waals surface area contributed by atoms with Gasteiger partial charge in [0.05, 0.1) is 30.8 Å². The molecule has 1 fully saturated rings. The van der Waals surface area contributed by atoms with E-state index in [0.29, 0.717) is 12.2 Å². The average Bonchev–Trinajstić information content (AvgIpc) is 3.49. The molecule has 0 saturated heterocycles. The van der Waals surface area contributed by atoms with Gasteiger partial charge >= 0.3 is 5.97 Å². The number of hydrogen-bond donors (Lipinski definition) is 3. The van der Waals surface area contributed by atoms with Gasteiger partial charge in [0.25, 0.3) is 0 Å². The van der Waals surface area contributed by atoms with Crippen molar-refractivity contribution in [3.05, 3.63) is 83.4 Å². The molecule has 0 bridgehead atoms. The Morgan fingerprint density at radius 1 is 1.28 bits per heavy atom. The minimum Gasteiger partial charge on any atom is -0.462 e. The van der Waals surface area contributed by atoms with Crippen LogP contribution in [0.25, 0.3) is 16.8 Å². The maximum Gasteiger partial charge on any atom is 0.341 e. The molecule has 0 spiro atoms. The molecular formula is C25H28N4O3. The first-order chi connectivity index (χ1) is 15.6. The minimum absolute atomic E-state index is 0.00956. The lowest BCUT2D eigenvalue weighted by Gasteiger charge is -2.12. The van der Waals surface area contributed by atoms with Gasteiger partial charge in [-0.25, -0.2) is 9.48 Å². The molecule has 1 heterocycles. The normalized spacial score (nSPS) is 17.8. The monoisotopic (exact) mass is 432 g/mol. The van der Waals surface area contributed by atoms with Crippen LogP contribution in [0.4, 0.5) is 0 Å². The molecule has 2 aromatic carbocycles. The number of aliphatic hydroxyl groups excluding tert-OH is 1. The number of nitrogens with zero attached hydrogens (tertiary/aromatic N) is 2. The van der Waals surface area contributed by atoms with Crippen LogP contribution < -0.4 is 11.1 Å². The topological polar surface area (TPSA) is 102 Å². The van der Waals surface area contributed by atoms with Gasteiger partial charge in [-0.2, -0.15) is 5.10 Å². The number of nitrogens with one attached hydrogen (secondary N) is 1. The zero-order chi connectivity index (χ0) is 22.7. The van der Waals surface area contributed by atoms with Crippen LogP contribution in [0.5, 0.6) is 0 Å². The van der Waals surface area contributed by atoms with Crippen molar-refractivity contribution >= 4 is 5.97 Å². The van der Waals surface area contributed by atoms with Crippen LogP contribution in [0.15, 0.2) is 66.6 Å². The Morgan fingerprint density at radius 2 is 2.03 bits per heavy atom. The number of ether oxygens (including phenoxy) is 1. The maximum atomic E-state index is 12.6. The van der Waals surface area contributed by atoms with Gasteiger partial charge in [0.1, 0.15) is 5.56 Å². The third kappa shape index (κ3) is 4.24. The lowest BCUT2D eigenvalue weighted by Crippen LogP contribution is -2.11. The zero-order valence-electron chi connectivity index (χ0n) is 18.3. The molecule has 4 N–H and O–H groups in total. The Kier molecular flexibility index (Phi) is 6.28. The third-order valence-electron chi connectivity index (χ3n) is 5.72. The molecule has 1 aliphatic carbocycles. The standard InChI is InChI=1S/C25H28N4O3/c1-3-32-25(31)22-13-28-29(24(22)21-12-20(21)23(26)14-27-2)19-9-5-8-18(11-19)17-7-4-6-16(10-17)15-30/h4-11,13-14,20-21,27,30H,3,12,15,26H2,1-2H3/b23-14-/t20?,21-/m1/s1. The molecule has 7 nitrogen and oxygen atoms in total. The van der Waals surface area contributed by atoms with Crippen LogP contribution in [0.2, 0.25) is 0 Å². The first-order valence-corrected chi connectivity index (χ1v) is 10.8. The smallest absolute Gasteiger partial charge is 0.341 e. The highest BCUT2D eigenvalue weighted by Crippen LogP contribution is 2.51. The van der Waals surface area contributed by atoms with Gasteiger partial charge in [0, 0.05) is 30.8 Å². The lowest BCUT2D eigenvalue weighted by molar-refractivity contribution is 0.0525. The quantitative estimate of drug-likeness (QED) is 0.472. The average molecular weight is 433 g/mol. The fourth-order valence-corrected chi connectivity index (χ4v) is 4.09. The molecule has 1 aliphatic rings. The van der Waals surface area contributed by atoms with Crippen molar-refractivity contribution in [3.63, 3.8) is 0 Å². The summed E-state index contributed by atoms with van der Waals surface area (Å²) in [6.07, 6.45) is 4.23. The minimum atomic E-state index is -0.373. The number of carbonyl (C=O) groups excluding carboxylic acids is 1. The number of aliphatic hydroxyl groups is 1. The van der Waals surface area contributed by atoms with E-state index in [9.17, 15) is 9.90 Å². The van der Waals surface area contributed by atoms with Crippen molar-refractivity contribution in [1.29, 1.82) is 0 Å². The Bertz CT molecular complexity index is 1150. The third-order valence-corrected chi connectivity index (χ3v) is 5.72. The van der Waals surface area contributed by atoms with E-state index in [1.807, 2.05) is 60.3 Å². The fraction of sp³-hybridized carbons (Fsp3) is 0.280. The maximum absolute atomic E-state index is 12.6. The summed E-state index contributed by atoms with van der Waals surface area (Å²) in [7, 11) is 1.82. The largest absolute Gasteiger partial charge is 0.462 e. The van der Waals surface area contributed by atoms with Crippen LogP contribution >= 0.6 is 0 Å². The summed E-state index contributed by atoms with van der Waals surface area (Å²) >= 11 is 0. The van der Waals surface area contributed by atoms with E-state index in [2.05, 4.69) is 10.4 Å². The summed E-state index contributed by atoms with van der Waals surface area (Å²) < 4.78 is 7.11. The molecule has 1 aromatic heterocycles. The van der Waals surface area contributed by atoms with Crippen molar-refractivity contribution in [2.75, 3.05) is 13.7 Å². The van der Waals surface area contributed by atoms with Crippen LogP contribution in [-0.4, -0.2) is 34.5 Å². The SMILES string of the molecule is CCOC(=O)c1cnn(-c2cccc(-c3cccc(CO)c3)c2)c1[C@@H]1CC1/C(N)=C/NC. The molecule has 0 radical (unpaired) electrons. The highest BCUT2D eigenvalue weighted by atomic mass is 16.5. The highest BCUT2D eigenvalue weighted by molar-refractivity contribution is 5.91. The molecule has 7 heteroatoms. The number of rotatable bonds is 8. The van der Waals surface area contributed by atoms with Gasteiger partial charge in [-0.3, -0.25) is 0 Å². The second kappa shape index (κ2) is 9.28. The lowest BCUT2D eigenvalue weighted by atomic mass is 10.0. The molecule has 2 atom stereocenters. The summed E-state index contributed by atoms with van der Waals surface area (Å²) in [6.45, 7) is 2.08.